The van der Waals surface area contributed by atoms with E-state index in [1.54, 1.807) is 38.8 Å². The van der Waals surface area contributed by atoms with Crippen molar-refractivity contribution >= 4 is 5.91 Å². The van der Waals surface area contributed by atoms with Crippen LogP contribution in [0.15, 0.2) is 48.9 Å². The first-order valence-electron chi connectivity index (χ1n) is 9.05. The van der Waals surface area contributed by atoms with E-state index in [0.717, 1.165) is 6.07 Å². The molecule has 1 aliphatic heterocycles. The van der Waals surface area contributed by atoms with Gasteiger partial charge < -0.3 is 4.90 Å². The molecule has 1 aliphatic rings. The zero-order chi connectivity index (χ0) is 19.5. The van der Waals surface area contributed by atoms with Gasteiger partial charge in [0.2, 0.25) is 0 Å². The minimum atomic E-state index is -0.836. The van der Waals surface area contributed by atoms with E-state index < -0.39 is 11.6 Å². The van der Waals surface area contributed by atoms with Gasteiger partial charge in [-0.15, -0.1) is 0 Å². The molecule has 146 valence electrons. The normalized spacial score (nSPS) is 15.1. The third-order valence-corrected chi connectivity index (χ3v) is 4.79. The zero-order valence-electron chi connectivity index (χ0n) is 15.2. The van der Waals surface area contributed by atoms with Gasteiger partial charge in [-0.3, -0.25) is 19.1 Å². The van der Waals surface area contributed by atoms with Crippen LogP contribution in [0.25, 0.3) is 0 Å². The van der Waals surface area contributed by atoms with Crippen molar-refractivity contribution in [3.05, 3.63) is 71.8 Å². The van der Waals surface area contributed by atoms with Crippen molar-refractivity contribution in [2.45, 2.75) is 13.2 Å². The summed E-state index contributed by atoms with van der Waals surface area (Å²) >= 11 is 0. The Morgan fingerprint density at radius 1 is 1.00 bits per heavy atom. The van der Waals surface area contributed by atoms with Gasteiger partial charge in [0.05, 0.1) is 0 Å². The average Bonchev–Trinajstić information content (AvgIpc) is 3.38. The third-order valence-electron chi connectivity index (χ3n) is 4.79. The van der Waals surface area contributed by atoms with Crippen molar-refractivity contribution in [3.8, 4) is 0 Å². The Labute approximate surface area is 160 Å². The van der Waals surface area contributed by atoms with E-state index in [0.29, 0.717) is 50.6 Å². The second-order valence-electron chi connectivity index (χ2n) is 6.71. The van der Waals surface area contributed by atoms with E-state index >= 15 is 0 Å². The molecule has 3 heterocycles. The molecule has 0 aliphatic carbocycles. The van der Waals surface area contributed by atoms with Gasteiger partial charge in [-0.05, 0) is 18.2 Å². The fraction of sp³-hybridized carbons (Fsp3) is 0.316. The molecule has 0 bridgehead atoms. The second kappa shape index (κ2) is 7.89. The number of hydrogen-bond donors (Lipinski definition) is 0. The average molecular weight is 386 g/mol. The zero-order valence-corrected chi connectivity index (χ0v) is 15.2. The number of halogens is 2. The SMILES string of the molecule is O=C(c1ccn(Cn2cccn2)n1)N1CCN(Cc2cccc(F)c2F)CC1. The first-order chi connectivity index (χ1) is 13.6. The molecule has 2 aromatic heterocycles. The van der Waals surface area contributed by atoms with Crippen molar-refractivity contribution in [1.29, 1.82) is 0 Å². The van der Waals surface area contributed by atoms with Crippen LogP contribution in [0, 0.1) is 11.6 Å². The van der Waals surface area contributed by atoms with Crippen LogP contribution in [0.3, 0.4) is 0 Å². The maximum absolute atomic E-state index is 13.8. The molecule has 1 fully saturated rings. The monoisotopic (exact) mass is 386 g/mol. The summed E-state index contributed by atoms with van der Waals surface area (Å²) in [4.78, 5) is 16.4. The fourth-order valence-corrected chi connectivity index (χ4v) is 3.27. The lowest BCUT2D eigenvalue weighted by molar-refractivity contribution is 0.0620. The van der Waals surface area contributed by atoms with Gasteiger partial charge >= 0.3 is 0 Å². The summed E-state index contributed by atoms with van der Waals surface area (Å²) < 4.78 is 30.6. The lowest BCUT2D eigenvalue weighted by Gasteiger charge is -2.34. The number of rotatable bonds is 5. The summed E-state index contributed by atoms with van der Waals surface area (Å²) in [7, 11) is 0. The summed E-state index contributed by atoms with van der Waals surface area (Å²) in [5.41, 5.74) is 0.717. The molecule has 0 N–H and O–H groups in total. The van der Waals surface area contributed by atoms with Crippen LogP contribution in [-0.4, -0.2) is 61.4 Å². The molecular weight excluding hydrogens is 366 g/mol. The van der Waals surface area contributed by atoms with Gasteiger partial charge in [-0.1, -0.05) is 12.1 Å². The van der Waals surface area contributed by atoms with E-state index in [4.69, 9.17) is 0 Å². The summed E-state index contributed by atoms with van der Waals surface area (Å²) in [6.45, 7) is 2.98. The van der Waals surface area contributed by atoms with Crippen molar-refractivity contribution in [2.75, 3.05) is 26.2 Å². The Hall–Kier alpha value is -3.07. The van der Waals surface area contributed by atoms with Crippen molar-refractivity contribution in [3.63, 3.8) is 0 Å². The van der Waals surface area contributed by atoms with Crippen LogP contribution >= 0.6 is 0 Å². The summed E-state index contributed by atoms with van der Waals surface area (Å²) in [5, 5.41) is 8.44. The van der Waals surface area contributed by atoms with E-state index in [1.165, 1.54) is 6.07 Å². The molecular formula is C19H20F2N6O. The highest BCUT2D eigenvalue weighted by Gasteiger charge is 2.24. The van der Waals surface area contributed by atoms with Crippen LogP contribution in [0.1, 0.15) is 16.1 Å². The van der Waals surface area contributed by atoms with Gasteiger partial charge in [0.15, 0.2) is 11.6 Å². The maximum atomic E-state index is 13.8. The van der Waals surface area contributed by atoms with Gasteiger partial charge in [-0.25, -0.2) is 8.78 Å². The topological polar surface area (TPSA) is 59.2 Å². The Bertz CT molecular complexity index is 947. The van der Waals surface area contributed by atoms with Crippen LogP contribution in [0.2, 0.25) is 0 Å². The van der Waals surface area contributed by atoms with Crippen molar-refractivity contribution in [1.82, 2.24) is 29.4 Å². The highest BCUT2D eigenvalue weighted by atomic mass is 19.2. The largest absolute Gasteiger partial charge is 0.335 e. The van der Waals surface area contributed by atoms with E-state index in [9.17, 15) is 13.6 Å². The van der Waals surface area contributed by atoms with Gasteiger partial charge in [0.25, 0.3) is 5.91 Å². The molecule has 1 amide bonds. The highest BCUT2D eigenvalue weighted by Crippen LogP contribution is 2.15. The van der Waals surface area contributed by atoms with Crippen LogP contribution in [0.4, 0.5) is 8.78 Å². The molecule has 3 aromatic rings. The molecule has 9 heteroatoms. The number of benzene rings is 1. The second-order valence-corrected chi connectivity index (χ2v) is 6.71. The number of carbonyl (C=O) groups is 1. The summed E-state index contributed by atoms with van der Waals surface area (Å²) in [5.74, 6) is -1.77. The Morgan fingerprint density at radius 3 is 2.57 bits per heavy atom. The van der Waals surface area contributed by atoms with Gasteiger partial charge in [0.1, 0.15) is 12.4 Å². The molecule has 0 unspecified atom stereocenters. The minimum absolute atomic E-state index is 0.129. The van der Waals surface area contributed by atoms with Crippen LogP contribution in [0.5, 0.6) is 0 Å². The number of nitrogens with zero attached hydrogens (tertiary/aromatic N) is 6. The smallest absolute Gasteiger partial charge is 0.274 e. The first kappa shape index (κ1) is 18.3. The standard InChI is InChI=1S/C19H20F2N6O/c20-16-4-1-3-15(18(16)21)13-24-9-11-25(12-10-24)19(28)17-5-8-27(23-17)14-26-7-2-6-22-26/h1-8H,9-14H2. The fourth-order valence-electron chi connectivity index (χ4n) is 3.27. The predicted octanol–water partition coefficient (Wildman–Crippen LogP) is 1.82. The highest BCUT2D eigenvalue weighted by molar-refractivity contribution is 5.92. The maximum Gasteiger partial charge on any atom is 0.274 e. The van der Waals surface area contributed by atoms with E-state index in [-0.39, 0.29) is 5.91 Å². The Balaban J connectivity index is 1.33. The Morgan fingerprint density at radius 2 is 1.82 bits per heavy atom. The number of aromatic nitrogens is 4. The quantitative estimate of drug-likeness (QED) is 0.671. The number of hydrogen-bond acceptors (Lipinski definition) is 4. The predicted molar refractivity (Wildman–Crippen MR) is 97.4 cm³/mol. The van der Waals surface area contributed by atoms with Crippen molar-refractivity contribution in [2.24, 2.45) is 0 Å². The lowest BCUT2D eigenvalue weighted by atomic mass is 10.1. The number of piperazine rings is 1. The number of amides is 1. The van der Waals surface area contributed by atoms with Gasteiger partial charge in [-0.2, -0.15) is 10.2 Å². The molecule has 1 saturated heterocycles. The van der Waals surface area contributed by atoms with Crippen LogP contribution in [-0.2, 0) is 13.2 Å². The number of carbonyl (C=O) groups excluding carboxylic acids is 1. The van der Waals surface area contributed by atoms with Crippen molar-refractivity contribution < 1.29 is 13.6 Å². The van der Waals surface area contributed by atoms with Gasteiger partial charge in [0, 0.05) is 56.9 Å². The molecule has 0 atom stereocenters. The molecule has 7 nitrogen and oxygen atoms in total. The molecule has 28 heavy (non-hydrogen) atoms. The lowest BCUT2D eigenvalue weighted by Crippen LogP contribution is -2.48. The molecule has 0 spiro atoms. The van der Waals surface area contributed by atoms with E-state index in [2.05, 4.69) is 10.2 Å². The molecule has 0 radical (unpaired) electrons. The van der Waals surface area contributed by atoms with Crippen LogP contribution < -0.4 is 0 Å². The minimum Gasteiger partial charge on any atom is -0.335 e. The third kappa shape index (κ3) is 3.94. The molecule has 4 rings (SSSR count). The summed E-state index contributed by atoms with van der Waals surface area (Å²) in [6, 6.07) is 7.72. The summed E-state index contributed by atoms with van der Waals surface area (Å²) in [6.07, 6.45) is 5.26. The van der Waals surface area contributed by atoms with E-state index in [1.807, 2.05) is 17.2 Å². The molecule has 0 saturated carbocycles. The molecule has 1 aromatic carbocycles. The first-order valence-corrected chi connectivity index (χ1v) is 9.05. The Kier molecular flexibility index (Phi) is 5.16.